The van der Waals surface area contributed by atoms with Crippen LogP contribution in [-0.2, 0) is 0 Å². The second-order valence-electron chi connectivity index (χ2n) is 5.95. The van der Waals surface area contributed by atoms with E-state index in [1.807, 2.05) is 56.3 Å². The number of benzene rings is 2. The summed E-state index contributed by atoms with van der Waals surface area (Å²) in [6.45, 7) is 5.99. The lowest BCUT2D eigenvalue weighted by molar-refractivity contribution is 0.0944. The highest BCUT2D eigenvalue weighted by atomic mass is 16.5. The van der Waals surface area contributed by atoms with E-state index >= 15 is 0 Å². The first kappa shape index (κ1) is 17.4. The first-order valence-corrected chi connectivity index (χ1v) is 8.39. The smallest absolute Gasteiger partial charge is 0.289 e. The molecule has 3 rings (SSSR count). The summed E-state index contributed by atoms with van der Waals surface area (Å²) < 4.78 is 6.98. The molecular weight excluding hydrogens is 326 g/mol. The average molecular weight is 345 g/mol. The Labute approximate surface area is 152 Å². The predicted molar refractivity (Wildman–Crippen MR) is 101 cm³/mol. The van der Waals surface area contributed by atoms with Gasteiger partial charge in [0, 0.05) is 11.3 Å². The van der Waals surface area contributed by atoms with E-state index in [9.17, 15) is 10.1 Å². The third kappa shape index (κ3) is 3.22. The summed E-state index contributed by atoms with van der Waals surface area (Å²) in [4.78, 5) is 12.8. The third-order valence-electron chi connectivity index (χ3n) is 4.07. The molecule has 1 heterocycles. The van der Waals surface area contributed by atoms with Gasteiger partial charge in [-0.3, -0.25) is 4.79 Å². The van der Waals surface area contributed by atoms with E-state index in [0.29, 0.717) is 18.1 Å². The van der Waals surface area contributed by atoms with Crippen LogP contribution in [0.25, 0.3) is 16.8 Å². The zero-order valence-electron chi connectivity index (χ0n) is 15.0. The van der Waals surface area contributed by atoms with Gasteiger partial charge < -0.3 is 4.74 Å². The Morgan fingerprint density at radius 3 is 2.69 bits per heavy atom. The van der Waals surface area contributed by atoms with Gasteiger partial charge in [-0.25, -0.2) is 4.68 Å². The van der Waals surface area contributed by atoms with E-state index in [1.165, 1.54) is 4.68 Å². The predicted octanol–water partition coefficient (Wildman–Crippen LogP) is 4.30. The van der Waals surface area contributed by atoms with Crippen LogP contribution in [0.4, 0.5) is 0 Å². The van der Waals surface area contributed by atoms with Crippen LogP contribution in [-0.4, -0.2) is 22.3 Å². The zero-order valence-corrected chi connectivity index (χ0v) is 15.0. The van der Waals surface area contributed by atoms with Gasteiger partial charge in [0.05, 0.1) is 12.3 Å². The molecule has 0 aliphatic carbocycles. The minimum Gasteiger partial charge on any atom is -0.493 e. The number of ether oxygens (including phenoxy) is 1. The van der Waals surface area contributed by atoms with Crippen molar-refractivity contribution >= 4 is 22.8 Å². The van der Waals surface area contributed by atoms with Crippen LogP contribution >= 0.6 is 0 Å². The first-order valence-electron chi connectivity index (χ1n) is 8.39. The summed E-state index contributed by atoms with van der Waals surface area (Å²) in [5.74, 6) is 0.189. The molecule has 0 radical (unpaired) electrons. The van der Waals surface area contributed by atoms with Crippen molar-refractivity contribution in [1.82, 2.24) is 9.78 Å². The number of fused-ring (bicyclic) bond motifs is 1. The Kier molecular flexibility index (Phi) is 4.85. The van der Waals surface area contributed by atoms with Gasteiger partial charge in [-0.2, -0.15) is 10.4 Å². The van der Waals surface area contributed by atoms with Crippen LogP contribution < -0.4 is 4.74 Å². The number of rotatable bonds is 4. The highest BCUT2D eigenvalue weighted by Gasteiger charge is 2.17. The number of carbonyl (C=O) groups excluding carboxylic acids is 1. The molecule has 26 heavy (non-hydrogen) atoms. The van der Waals surface area contributed by atoms with Crippen LogP contribution in [0.5, 0.6) is 5.75 Å². The van der Waals surface area contributed by atoms with Crippen LogP contribution in [0.3, 0.4) is 0 Å². The molecule has 5 nitrogen and oxygen atoms in total. The molecule has 0 aliphatic heterocycles. The summed E-state index contributed by atoms with van der Waals surface area (Å²) in [6, 6.07) is 15.4. The summed E-state index contributed by atoms with van der Waals surface area (Å²) in [7, 11) is 0. The monoisotopic (exact) mass is 345 g/mol. The molecule has 130 valence electrons. The van der Waals surface area contributed by atoms with Gasteiger partial charge >= 0.3 is 0 Å². The Bertz CT molecular complexity index is 1050. The Balaban J connectivity index is 2.18. The Morgan fingerprint density at radius 2 is 2.04 bits per heavy atom. The molecule has 0 spiro atoms. The van der Waals surface area contributed by atoms with Crippen molar-refractivity contribution in [2.75, 3.05) is 6.61 Å². The quantitative estimate of drug-likeness (QED) is 0.522. The van der Waals surface area contributed by atoms with Crippen LogP contribution in [0.2, 0.25) is 0 Å². The first-order chi connectivity index (χ1) is 12.5. The minimum atomic E-state index is -0.450. The molecule has 0 unspecified atom stereocenters. The fourth-order valence-electron chi connectivity index (χ4n) is 2.94. The fourth-order valence-corrected chi connectivity index (χ4v) is 2.94. The highest BCUT2D eigenvalue weighted by Crippen LogP contribution is 2.30. The molecule has 0 saturated carbocycles. The maximum atomic E-state index is 12.8. The maximum Gasteiger partial charge on any atom is 0.289 e. The summed E-state index contributed by atoms with van der Waals surface area (Å²) in [5, 5.41) is 15.7. The summed E-state index contributed by atoms with van der Waals surface area (Å²) >= 11 is 0. The molecule has 0 atom stereocenters. The van der Waals surface area contributed by atoms with E-state index in [4.69, 9.17) is 4.74 Å². The van der Waals surface area contributed by atoms with E-state index in [0.717, 1.165) is 22.0 Å². The topological polar surface area (TPSA) is 67.9 Å². The Hall–Kier alpha value is -3.39. The van der Waals surface area contributed by atoms with Crippen molar-refractivity contribution in [3.8, 4) is 11.8 Å². The average Bonchev–Trinajstić information content (AvgIpc) is 2.98. The molecule has 0 aliphatic rings. The number of nitrogens with zero attached hydrogens (tertiary/aromatic N) is 3. The molecule has 0 N–H and O–H groups in total. The van der Waals surface area contributed by atoms with Crippen molar-refractivity contribution in [3.05, 3.63) is 65.0 Å². The molecule has 2 aromatic carbocycles. The Morgan fingerprint density at radius 1 is 1.27 bits per heavy atom. The lowest BCUT2D eigenvalue weighted by atomic mass is 10.0. The van der Waals surface area contributed by atoms with Gasteiger partial charge in [-0.05, 0) is 49.8 Å². The standard InChI is InChI=1S/C21H19N3O2/c1-4-26-20-10-9-16-7-5-6-8-18(16)19(20)12-17(13-22)21(25)24-15(3)11-14(2)23-24/h5-12H,4H2,1-3H3/b17-12+. The van der Waals surface area contributed by atoms with Crippen molar-refractivity contribution < 1.29 is 9.53 Å². The number of aromatic nitrogens is 2. The SMILES string of the molecule is CCOc1ccc2ccccc2c1/C=C(\C#N)C(=O)n1nc(C)cc1C. The minimum absolute atomic E-state index is 0.00788. The molecule has 5 heteroatoms. The van der Waals surface area contributed by atoms with Crippen molar-refractivity contribution in [2.45, 2.75) is 20.8 Å². The van der Waals surface area contributed by atoms with Gasteiger partial charge in [0.1, 0.15) is 17.4 Å². The largest absolute Gasteiger partial charge is 0.493 e. The molecule has 0 saturated heterocycles. The van der Waals surface area contributed by atoms with Crippen LogP contribution in [0.15, 0.2) is 48.0 Å². The molecule has 0 bridgehead atoms. The molecule has 1 aromatic heterocycles. The summed E-state index contributed by atoms with van der Waals surface area (Å²) in [6.07, 6.45) is 1.59. The lowest BCUT2D eigenvalue weighted by Gasteiger charge is -2.11. The van der Waals surface area contributed by atoms with E-state index in [2.05, 4.69) is 5.10 Å². The highest BCUT2D eigenvalue weighted by molar-refractivity contribution is 6.06. The van der Waals surface area contributed by atoms with Crippen molar-refractivity contribution in [3.63, 3.8) is 0 Å². The van der Waals surface area contributed by atoms with Crippen LogP contribution in [0, 0.1) is 25.2 Å². The maximum absolute atomic E-state index is 12.8. The molecule has 3 aromatic rings. The molecule has 0 amide bonds. The second kappa shape index (κ2) is 7.24. The normalized spacial score (nSPS) is 11.4. The van der Waals surface area contributed by atoms with E-state index in [-0.39, 0.29) is 5.57 Å². The van der Waals surface area contributed by atoms with Crippen molar-refractivity contribution in [1.29, 1.82) is 5.26 Å². The fraction of sp³-hybridized carbons (Fsp3) is 0.190. The van der Waals surface area contributed by atoms with Gasteiger partial charge in [0.15, 0.2) is 0 Å². The van der Waals surface area contributed by atoms with Gasteiger partial charge in [0.2, 0.25) is 0 Å². The number of aryl methyl sites for hydroxylation is 2. The number of hydrogen-bond donors (Lipinski definition) is 0. The number of nitriles is 1. The third-order valence-corrected chi connectivity index (χ3v) is 4.07. The molecule has 0 fully saturated rings. The van der Waals surface area contributed by atoms with Gasteiger partial charge in [-0.15, -0.1) is 0 Å². The lowest BCUT2D eigenvalue weighted by Crippen LogP contribution is -2.15. The number of carbonyl (C=O) groups is 1. The number of hydrogen-bond acceptors (Lipinski definition) is 4. The molecular formula is C21H19N3O2. The van der Waals surface area contributed by atoms with E-state index in [1.54, 1.807) is 19.1 Å². The zero-order chi connectivity index (χ0) is 18.7. The number of allylic oxidation sites excluding steroid dienone is 1. The van der Waals surface area contributed by atoms with Crippen LogP contribution in [0.1, 0.15) is 28.7 Å². The summed E-state index contributed by atoms with van der Waals surface area (Å²) in [5.41, 5.74) is 2.15. The van der Waals surface area contributed by atoms with Gasteiger partial charge in [-0.1, -0.05) is 30.3 Å². The van der Waals surface area contributed by atoms with E-state index < -0.39 is 5.91 Å². The van der Waals surface area contributed by atoms with Crippen molar-refractivity contribution in [2.24, 2.45) is 0 Å². The van der Waals surface area contributed by atoms with Gasteiger partial charge in [0.25, 0.3) is 5.91 Å². The second-order valence-corrected chi connectivity index (χ2v) is 5.95.